The molecule has 33 heavy (non-hydrogen) atoms. The van der Waals surface area contributed by atoms with Crippen LogP contribution in [0, 0.1) is 5.92 Å². The van der Waals surface area contributed by atoms with Crippen LogP contribution in [-0.4, -0.2) is 22.0 Å². The zero-order valence-electron chi connectivity index (χ0n) is 19.1. The van der Waals surface area contributed by atoms with Gasteiger partial charge in [0.2, 0.25) is 5.91 Å². The topological polar surface area (TPSA) is 38.1 Å². The fourth-order valence-electron chi connectivity index (χ4n) is 5.99. The summed E-state index contributed by atoms with van der Waals surface area (Å²) in [6, 6.07) is 23.0. The summed E-state index contributed by atoms with van der Waals surface area (Å²) in [5.41, 5.74) is 3.28. The van der Waals surface area contributed by atoms with E-state index >= 15 is 0 Å². The van der Waals surface area contributed by atoms with Crippen LogP contribution < -0.4 is 4.90 Å². The Bertz CT molecular complexity index is 1300. The third-order valence-corrected chi connectivity index (χ3v) is 7.72. The van der Waals surface area contributed by atoms with Crippen LogP contribution in [0.3, 0.4) is 0 Å². The highest BCUT2D eigenvalue weighted by molar-refractivity contribution is 6.05. The number of anilines is 1. The molecule has 4 heteroatoms. The molecular formula is C29H31N3O. The lowest BCUT2D eigenvalue weighted by molar-refractivity contribution is -0.117. The number of para-hydroxylation sites is 2. The zero-order valence-corrected chi connectivity index (χ0v) is 19.1. The molecule has 1 unspecified atom stereocenters. The molecule has 0 N–H and O–H groups in total. The van der Waals surface area contributed by atoms with Crippen LogP contribution in [0.15, 0.2) is 66.7 Å². The van der Waals surface area contributed by atoms with Gasteiger partial charge in [0.15, 0.2) is 0 Å². The number of aryl methyl sites for hydroxylation is 1. The Morgan fingerprint density at radius 3 is 2.58 bits per heavy atom. The molecule has 168 valence electrons. The first-order valence-electron chi connectivity index (χ1n) is 12.5. The van der Waals surface area contributed by atoms with E-state index in [0.717, 1.165) is 34.9 Å². The smallest absolute Gasteiger partial charge is 0.227 e. The Kier molecular flexibility index (Phi) is 5.37. The third-order valence-electron chi connectivity index (χ3n) is 7.72. The second kappa shape index (κ2) is 8.66. The van der Waals surface area contributed by atoms with E-state index in [2.05, 4.69) is 71.3 Å². The number of hydrogen-bond acceptors (Lipinski definition) is 2. The predicted molar refractivity (Wildman–Crippen MR) is 135 cm³/mol. The van der Waals surface area contributed by atoms with Gasteiger partial charge >= 0.3 is 0 Å². The van der Waals surface area contributed by atoms with Gasteiger partial charge in [0.1, 0.15) is 5.82 Å². The summed E-state index contributed by atoms with van der Waals surface area (Å²) in [5.74, 6) is 2.23. The minimum Gasteiger partial charge on any atom is -0.328 e. The molecule has 6 rings (SSSR count). The summed E-state index contributed by atoms with van der Waals surface area (Å²) in [6.07, 6.45) is 8.59. The molecule has 1 saturated heterocycles. The van der Waals surface area contributed by atoms with Gasteiger partial charge in [0.25, 0.3) is 0 Å². The van der Waals surface area contributed by atoms with Crippen LogP contribution in [-0.2, 0) is 11.3 Å². The van der Waals surface area contributed by atoms with E-state index in [1.807, 2.05) is 4.90 Å². The Balaban J connectivity index is 1.32. The molecular weight excluding hydrogens is 406 g/mol. The molecule has 0 bridgehead atoms. The van der Waals surface area contributed by atoms with Crippen molar-refractivity contribution in [1.82, 2.24) is 9.55 Å². The first-order valence-corrected chi connectivity index (χ1v) is 12.5. The number of carbonyl (C=O) groups is 1. The lowest BCUT2D eigenvalue weighted by Gasteiger charge is -2.23. The van der Waals surface area contributed by atoms with Gasteiger partial charge < -0.3 is 9.47 Å². The van der Waals surface area contributed by atoms with Crippen LogP contribution in [0.1, 0.15) is 56.7 Å². The van der Waals surface area contributed by atoms with Gasteiger partial charge in [0, 0.05) is 30.8 Å². The second-order valence-corrected chi connectivity index (χ2v) is 9.81. The first-order chi connectivity index (χ1) is 16.3. The second-order valence-electron chi connectivity index (χ2n) is 9.81. The molecule has 0 radical (unpaired) electrons. The molecule has 4 aromatic rings. The standard InChI is InChI=1S/C29H31N3O/c33-28-19-23(20-32(28)26-16-8-12-22-11-4-5-13-24(22)26)29-30-25-14-6-7-15-27(25)31(29)18-17-21-9-2-1-3-10-21/h4-8,11-16,21,23H,1-3,9-10,17-20H2. The molecule has 2 heterocycles. The molecule has 1 atom stereocenters. The summed E-state index contributed by atoms with van der Waals surface area (Å²) in [4.78, 5) is 20.3. The summed E-state index contributed by atoms with van der Waals surface area (Å²) < 4.78 is 2.43. The molecule has 1 aliphatic carbocycles. The Morgan fingerprint density at radius 2 is 1.67 bits per heavy atom. The van der Waals surface area contributed by atoms with Crippen molar-refractivity contribution in [2.75, 3.05) is 11.4 Å². The predicted octanol–water partition coefficient (Wildman–Crippen LogP) is 6.68. The van der Waals surface area contributed by atoms with Crippen molar-refractivity contribution in [3.8, 4) is 0 Å². The Hall–Kier alpha value is -3.14. The molecule has 3 aromatic carbocycles. The highest BCUT2D eigenvalue weighted by Gasteiger charge is 2.35. The van der Waals surface area contributed by atoms with Crippen LogP contribution >= 0.6 is 0 Å². The summed E-state index contributed by atoms with van der Waals surface area (Å²) >= 11 is 0. The summed E-state index contributed by atoms with van der Waals surface area (Å²) in [5, 5.41) is 2.31. The Morgan fingerprint density at radius 1 is 0.879 bits per heavy atom. The van der Waals surface area contributed by atoms with E-state index in [4.69, 9.17) is 4.98 Å². The maximum Gasteiger partial charge on any atom is 0.227 e. The van der Waals surface area contributed by atoms with E-state index in [1.165, 1.54) is 49.4 Å². The molecule has 4 nitrogen and oxygen atoms in total. The molecule has 2 fully saturated rings. The number of carbonyl (C=O) groups excluding carboxylic acids is 1. The first kappa shape index (κ1) is 20.5. The highest BCUT2D eigenvalue weighted by Crippen LogP contribution is 2.37. The van der Waals surface area contributed by atoms with Crippen LogP contribution in [0.25, 0.3) is 21.8 Å². The average Bonchev–Trinajstić information content (AvgIpc) is 3.43. The number of benzene rings is 3. The summed E-state index contributed by atoms with van der Waals surface area (Å²) in [6.45, 7) is 1.69. The molecule has 1 aliphatic heterocycles. The quantitative estimate of drug-likeness (QED) is 0.349. The van der Waals surface area contributed by atoms with E-state index in [1.54, 1.807) is 0 Å². The van der Waals surface area contributed by atoms with Gasteiger partial charge in [-0.3, -0.25) is 4.79 Å². The number of aromatic nitrogens is 2. The Labute approximate surface area is 195 Å². The van der Waals surface area contributed by atoms with Gasteiger partial charge in [-0.2, -0.15) is 0 Å². The highest BCUT2D eigenvalue weighted by atomic mass is 16.2. The molecule has 2 aliphatic rings. The van der Waals surface area contributed by atoms with Crippen molar-refractivity contribution in [3.63, 3.8) is 0 Å². The monoisotopic (exact) mass is 437 g/mol. The fourth-order valence-corrected chi connectivity index (χ4v) is 5.99. The van der Waals surface area contributed by atoms with Crippen molar-refractivity contribution < 1.29 is 4.79 Å². The molecule has 1 aromatic heterocycles. The third kappa shape index (κ3) is 3.82. The zero-order chi connectivity index (χ0) is 22.2. The maximum absolute atomic E-state index is 13.2. The number of nitrogens with zero attached hydrogens (tertiary/aromatic N) is 3. The average molecular weight is 438 g/mol. The minimum atomic E-state index is 0.121. The van der Waals surface area contributed by atoms with E-state index in [9.17, 15) is 4.79 Å². The van der Waals surface area contributed by atoms with Crippen LogP contribution in [0.5, 0.6) is 0 Å². The van der Waals surface area contributed by atoms with Crippen molar-refractivity contribution in [2.24, 2.45) is 5.92 Å². The summed E-state index contributed by atoms with van der Waals surface area (Å²) in [7, 11) is 0. The largest absolute Gasteiger partial charge is 0.328 e. The van der Waals surface area contributed by atoms with Crippen molar-refractivity contribution in [1.29, 1.82) is 0 Å². The van der Waals surface area contributed by atoms with Crippen molar-refractivity contribution in [2.45, 2.75) is 57.4 Å². The lowest BCUT2D eigenvalue weighted by atomic mass is 9.87. The SMILES string of the molecule is O=C1CC(c2nc3ccccc3n2CCC2CCCCC2)CN1c1cccc2ccccc12. The number of hydrogen-bond donors (Lipinski definition) is 0. The molecule has 1 amide bonds. The fraction of sp³-hybridized carbons (Fsp3) is 0.379. The van der Waals surface area contributed by atoms with Crippen molar-refractivity contribution >= 4 is 33.4 Å². The van der Waals surface area contributed by atoms with E-state index in [0.29, 0.717) is 13.0 Å². The minimum absolute atomic E-state index is 0.121. The van der Waals surface area contributed by atoms with Gasteiger partial charge in [-0.05, 0) is 35.9 Å². The number of rotatable bonds is 5. The van der Waals surface area contributed by atoms with E-state index < -0.39 is 0 Å². The molecule has 1 saturated carbocycles. The number of imidazole rings is 1. The molecule has 0 spiro atoms. The van der Waals surface area contributed by atoms with Crippen LogP contribution in [0.2, 0.25) is 0 Å². The van der Waals surface area contributed by atoms with E-state index in [-0.39, 0.29) is 11.8 Å². The van der Waals surface area contributed by atoms with Gasteiger partial charge in [-0.15, -0.1) is 0 Å². The normalized spacial score (nSPS) is 19.7. The van der Waals surface area contributed by atoms with Crippen LogP contribution in [0.4, 0.5) is 5.69 Å². The van der Waals surface area contributed by atoms with Gasteiger partial charge in [0.05, 0.1) is 16.7 Å². The van der Waals surface area contributed by atoms with Crippen molar-refractivity contribution in [3.05, 3.63) is 72.6 Å². The van der Waals surface area contributed by atoms with Gasteiger partial charge in [-0.25, -0.2) is 4.98 Å². The maximum atomic E-state index is 13.2. The van der Waals surface area contributed by atoms with Gasteiger partial charge in [-0.1, -0.05) is 80.6 Å². The number of amides is 1. The lowest BCUT2D eigenvalue weighted by Crippen LogP contribution is -2.24. The number of fused-ring (bicyclic) bond motifs is 2.